The van der Waals surface area contributed by atoms with E-state index in [4.69, 9.17) is 14.2 Å². The van der Waals surface area contributed by atoms with Crippen molar-refractivity contribution in [2.75, 3.05) is 21.3 Å². The molecule has 2 aromatic carbocycles. The molecule has 0 aliphatic carbocycles. The Hall–Kier alpha value is -2.93. The van der Waals surface area contributed by atoms with E-state index >= 15 is 0 Å². The van der Waals surface area contributed by atoms with Crippen LogP contribution in [0.2, 0.25) is 0 Å². The highest BCUT2D eigenvalue weighted by molar-refractivity contribution is 5.92. The van der Waals surface area contributed by atoms with Crippen LogP contribution >= 0.6 is 0 Å². The van der Waals surface area contributed by atoms with Gasteiger partial charge in [0.05, 0.1) is 38.5 Å². The highest BCUT2D eigenvalue weighted by Crippen LogP contribution is 2.32. The second-order valence-corrected chi connectivity index (χ2v) is 4.47. The zero-order valence-electron chi connectivity index (χ0n) is 12.8. The number of nitrogens with zero attached hydrogens (tertiary/aromatic N) is 1. The van der Waals surface area contributed by atoms with Crippen molar-refractivity contribution in [1.82, 2.24) is 0 Å². The number of nitriles is 1. The van der Waals surface area contributed by atoms with Gasteiger partial charge in [-0.2, -0.15) is 5.26 Å². The molecule has 22 heavy (non-hydrogen) atoms. The van der Waals surface area contributed by atoms with Crippen molar-refractivity contribution in [3.8, 4) is 23.3 Å². The van der Waals surface area contributed by atoms with Crippen LogP contribution in [0.5, 0.6) is 17.2 Å². The molecule has 0 bridgehead atoms. The van der Waals surface area contributed by atoms with Crippen LogP contribution in [0, 0.1) is 11.3 Å². The number of allylic oxidation sites excluding steroid dienone is 1. The van der Waals surface area contributed by atoms with Crippen LogP contribution in [-0.2, 0) is 0 Å². The van der Waals surface area contributed by atoms with Crippen molar-refractivity contribution in [3.05, 3.63) is 53.6 Å². The van der Waals surface area contributed by atoms with E-state index in [9.17, 15) is 5.26 Å². The van der Waals surface area contributed by atoms with Crippen LogP contribution in [0.25, 0.3) is 11.6 Å². The molecule has 0 spiro atoms. The van der Waals surface area contributed by atoms with Crippen LogP contribution in [0.1, 0.15) is 11.1 Å². The molecule has 0 aliphatic heterocycles. The van der Waals surface area contributed by atoms with Gasteiger partial charge < -0.3 is 14.2 Å². The smallest absolute Gasteiger partial charge is 0.129 e. The number of hydrogen-bond acceptors (Lipinski definition) is 4. The fourth-order valence-corrected chi connectivity index (χ4v) is 2.12. The average molecular weight is 295 g/mol. The minimum Gasteiger partial charge on any atom is -0.497 e. The van der Waals surface area contributed by atoms with Crippen LogP contribution in [0.4, 0.5) is 0 Å². The third kappa shape index (κ3) is 3.21. The Kier molecular flexibility index (Phi) is 5.05. The topological polar surface area (TPSA) is 51.5 Å². The summed E-state index contributed by atoms with van der Waals surface area (Å²) >= 11 is 0. The summed E-state index contributed by atoms with van der Waals surface area (Å²) in [6.07, 6.45) is 1.76. The van der Waals surface area contributed by atoms with E-state index in [-0.39, 0.29) is 0 Å². The van der Waals surface area contributed by atoms with Crippen molar-refractivity contribution < 1.29 is 14.2 Å². The van der Waals surface area contributed by atoms with Gasteiger partial charge in [0.25, 0.3) is 0 Å². The van der Waals surface area contributed by atoms with E-state index in [0.717, 1.165) is 16.9 Å². The predicted octanol–water partition coefficient (Wildman–Crippen LogP) is 3.78. The Morgan fingerprint density at radius 2 is 1.50 bits per heavy atom. The molecule has 2 rings (SSSR count). The highest BCUT2D eigenvalue weighted by Gasteiger charge is 2.10. The summed E-state index contributed by atoms with van der Waals surface area (Å²) < 4.78 is 15.8. The van der Waals surface area contributed by atoms with Gasteiger partial charge in [-0.15, -0.1) is 0 Å². The summed E-state index contributed by atoms with van der Waals surface area (Å²) in [4.78, 5) is 0. The zero-order chi connectivity index (χ0) is 15.9. The fraction of sp³-hybridized carbons (Fsp3) is 0.167. The molecule has 0 N–H and O–H groups in total. The summed E-state index contributed by atoms with van der Waals surface area (Å²) in [5, 5.41) is 9.46. The van der Waals surface area contributed by atoms with Gasteiger partial charge in [-0.1, -0.05) is 6.07 Å². The summed E-state index contributed by atoms with van der Waals surface area (Å²) in [6, 6.07) is 15.0. The molecule has 2 aromatic rings. The molecule has 0 saturated heterocycles. The second-order valence-electron chi connectivity index (χ2n) is 4.47. The van der Waals surface area contributed by atoms with E-state index < -0.39 is 0 Å². The fourth-order valence-electron chi connectivity index (χ4n) is 2.12. The SMILES string of the molecule is COc1ccc(/C(C#N)=C\c2c(OC)cccc2OC)cc1. The normalized spacial score (nSPS) is 10.7. The van der Waals surface area contributed by atoms with E-state index in [1.165, 1.54) is 0 Å². The Morgan fingerprint density at radius 3 is 1.95 bits per heavy atom. The second kappa shape index (κ2) is 7.19. The van der Waals surface area contributed by atoms with Gasteiger partial charge >= 0.3 is 0 Å². The molecule has 0 radical (unpaired) electrons. The van der Waals surface area contributed by atoms with Crippen molar-refractivity contribution in [1.29, 1.82) is 5.26 Å². The quantitative estimate of drug-likeness (QED) is 0.622. The monoisotopic (exact) mass is 295 g/mol. The van der Waals surface area contributed by atoms with Crippen molar-refractivity contribution in [3.63, 3.8) is 0 Å². The van der Waals surface area contributed by atoms with Crippen LogP contribution in [0.3, 0.4) is 0 Å². The number of ether oxygens (including phenoxy) is 3. The maximum absolute atomic E-state index is 9.46. The molecule has 0 atom stereocenters. The molecule has 0 saturated carbocycles. The van der Waals surface area contributed by atoms with E-state index in [0.29, 0.717) is 17.1 Å². The third-order valence-corrected chi connectivity index (χ3v) is 3.28. The summed E-state index contributed by atoms with van der Waals surface area (Å²) in [5.41, 5.74) is 2.06. The molecular weight excluding hydrogens is 278 g/mol. The molecule has 0 aromatic heterocycles. The lowest BCUT2D eigenvalue weighted by molar-refractivity contribution is 0.392. The van der Waals surface area contributed by atoms with Gasteiger partial charge in [0.1, 0.15) is 17.2 Å². The molecule has 4 nitrogen and oxygen atoms in total. The van der Waals surface area contributed by atoms with E-state index in [1.54, 1.807) is 27.4 Å². The van der Waals surface area contributed by atoms with Gasteiger partial charge in [-0.25, -0.2) is 0 Å². The lowest BCUT2D eigenvalue weighted by Gasteiger charge is -2.10. The zero-order valence-corrected chi connectivity index (χ0v) is 12.8. The number of benzene rings is 2. The van der Waals surface area contributed by atoms with Crippen LogP contribution in [-0.4, -0.2) is 21.3 Å². The molecule has 4 heteroatoms. The number of methoxy groups -OCH3 is 3. The highest BCUT2D eigenvalue weighted by atomic mass is 16.5. The first-order valence-electron chi connectivity index (χ1n) is 6.70. The lowest BCUT2D eigenvalue weighted by Crippen LogP contribution is -1.93. The van der Waals surface area contributed by atoms with E-state index in [1.807, 2.05) is 42.5 Å². The summed E-state index contributed by atoms with van der Waals surface area (Å²) in [5.74, 6) is 2.05. The maximum atomic E-state index is 9.46. The lowest BCUT2D eigenvalue weighted by atomic mass is 10.0. The van der Waals surface area contributed by atoms with Crippen molar-refractivity contribution in [2.45, 2.75) is 0 Å². The van der Waals surface area contributed by atoms with Gasteiger partial charge in [0, 0.05) is 0 Å². The number of rotatable bonds is 5. The average Bonchev–Trinajstić information content (AvgIpc) is 2.59. The van der Waals surface area contributed by atoms with Crippen LogP contribution < -0.4 is 14.2 Å². The molecular formula is C18H17NO3. The summed E-state index contributed by atoms with van der Waals surface area (Å²) in [6.45, 7) is 0. The van der Waals surface area contributed by atoms with Crippen molar-refractivity contribution >= 4 is 11.6 Å². The predicted molar refractivity (Wildman–Crippen MR) is 86.0 cm³/mol. The Bertz CT molecular complexity index is 690. The minimum atomic E-state index is 0.519. The third-order valence-electron chi connectivity index (χ3n) is 3.28. The molecule has 112 valence electrons. The standard InChI is InChI=1S/C18H17NO3/c1-20-15-9-7-13(8-10-15)14(12-19)11-16-17(21-2)5-4-6-18(16)22-3/h4-11H,1-3H3/b14-11-. The van der Waals surface area contributed by atoms with Gasteiger partial charge in [-0.3, -0.25) is 0 Å². The maximum Gasteiger partial charge on any atom is 0.129 e. The Labute approximate surface area is 130 Å². The first kappa shape index (κ1) is 15.5. The summed E-state index contributed by atoms with van der Waals surface area (Å²) in [7, 11) is 4.78. The Balaban J connectivity index is 2.51. The Morgan fingerprint density at radius 1 is 0.909 bits per heavy atom. The van der Waals surface area contributed by atoms with Crippen molar-refractivity contribution in [2.24, 2.45) is 0 Å². The largest absolute Gasteiger partial charge is 0.497 e. The van der Waals surface area contributed by atoms with Gasteiger partial charge in [-0.05, 0) is 48.0 Å². The van der Waals surface area contributed by atoms with E-state index in [2.05, 4.69) is 6.07 Å². The molecule has 0 heterocycles. The van der Waals surface area contributed by atoms with Crippen LogP contribution in [0.15, 0.2) is 42.5 Å². The molecule has 0 aliphatic rings. The first-order valence-corrected chi connectivity index (χ1v) is 6.70. The molecule has 0 amide bonds. The molecule has 0 fully saturated rings. The van der Waals surface area contributed by atoms with Gasteiger partial charge in [0.2, 0.25) is 0 Å². The van der Waals surface area contributed by atoms with Gasteiger partial charge in [0.15, 0.2) is 0 Å². The minimum absolute atomic E-state index is 0.519. The molecule has 0 unspecified atom stereocenters. The first-order chi connectivity index (χ1) is 10.7. The number of hydrogen-bond donors (Lipinski definition) is 0.